The van der Waals surface area contributed by atoms with Gasteiger partial charge in [0.25, 0.3) is 11.5 Å². The van der Waals surface area contributed by atoms with E-state index in [0.717, 1.165) is 6.42 Å². The average molecular weight is 369 g/mol. The molecule has 1 aromatic heterocycles. The molecular formula is C23H19N3O2. The van der Waals surface area contributed by atoms with Gasteiger partial charge in [0.2, 0.25) is 0 Å². The lowest BCUT2D eigenvalue weighted by Gasteiger charge is -2.11. The van der Waals surface area contributed by atoms with Crippen LogP contribution in [0.1, 0.15) is 23.0 Å². The third-order valence-corrected chi connectivity index (χ3v) is 4.64. The van der Waals surface area contributed by atoms with Crippen molar-refractivity contribution in [3.8, 4) is 5.69 Å². The fraction of sp³-hybridized carbons (Fsp3) is 0.0870. The monoisotopic (exact) mass is 369 g/mol. The van der Waals surface area contributed by atoms with Crippen LogP contribution in [0.25, 0.3) is 16.5 Å². The first-order valence-electron chi connectivity index (χ1n) is 9.15. The van der Waals surface area contributed by atoms with Crippen molar-refractivity contribution in [3.63, 3.8) is 0 Å². The number of carbonyl (C=O) groups is 1. The SMILES string of the molecule is CCc1ccc(NC(=O)c2nn(-c3ccccc3)c(=O)c3ccccc23)cc1. The van der Waals surface area contributed by atoms with E-state index in [4.69, 9.17) is 0 Å². The highest BCUT2D eigenvalue weighted by atomic mass is 16.2. The van der Waals surface area contributed by atoms with Gasteiger partial charge in [0.05, 0.1) is 11.1 Å². The number of carbonyl (C=O) groups excluding carboxylic acids is 1. The van der Waals surface area contributed by atoms with Crippen molar-refractivity contribution in [3.05, 3.63) is 100 Å². The molecule has 0 aliphatic heterocycles. The zero-order valence-electron chi connectivity index (χ0n) is 15.4. The summed E-state index contributed by atoms with van der Waals surface area (Å²) in [6, 6.07) is 23.8. The van der Waals surface area contributed by atoms with E-state index in [2.05, 4.69) is 17.3 Å². The van der Waals surface area contributed by atoms with Crippen molar-refractivity contribution in [2.45, 2.75) is 13.3 Å². The van der Waals surface area contributed by atoms with Gasteiger partial charge >= 0.3 is 0 Å². The highest BCUT2D eigenvalue weighted by molar-refractivity contribution is 6.11. The Kier molecular flexibility index (Phi) is 4.72. The summed E-state index contributed by atoms with van der Waals surface area (Å²) in [5, 5.41) is 8.26. The summed E-state index contributed by atoms with van der Waals surface area (Å²) in [5.74, 6) is -0.356. The number of aryl methyl sites for hydroxylation is 1. The van der Waals surface area contributed by atoms with Crippen molar-refractivity contribution < 1.29 is 4.79 Å². The van der Waals surface area contributed by atoms with E-state index in [9.17, 15) is 9.59 Å². The van der Waals surface area contributed by atoms with Crippen LogP contribution in [-0.4, -0.2) is 15.7 Å². The van der Waals surface area contributed by atoms with Crippen LogP contribution in [0, 0.1) is 0 Å². The number of nitrogens with zero attached hydrogens (tertiary/aromatic N) is 2. The lowest BCUT2D eigenvalue weighted by Crippen LogP contribution is -2.26. The minimum absolute atomic E-state index is 0.207. The van der Waals surface area contributed by atoms with Gasteiger partial charge in [0, 0.05) is 11.1 Å². The minimum atomic E-state index is -0.356. The van der Waals surface area contributed by atoms with Crippen LogP contribution in [0.2, 0.25) is 0 Å². The molecule has 0 fully saturated rings. The molecule has 1 N–H and O–H groups in total. The van der Waals surface area contributed by atoms with Crippen LogP contribution in [0.5, 0.6) is 0 Å². The molecule has 0 aliphatic carbocycles. The first-order chi connectivity index (χ1) is 13.7. The molecule has 5 nitrogen and oxygen atoms in total. The summed E-state index contributed by atoms with van der Waals surface area (Å²) in [6.07, 6.45) is 0.933. The van der Waals surface area contributed by atoms with Crippen LogP contribution in [0.3, 0.4) is 0 Å². The van der Waals surface area contributed by atoms with E-state index in [1.807, 2.05) is 42.5 Å². The highest BCUT2D eigenvalue weighted by Gasteiger charge is 2.17. The normalized spacial score (nSPS) is 10.8. The lowest BCUT2D eigenvalue weighted by atomic mass is 10.1. The number of para-hydroxylation sites is 1. The third kappa shape index (κ3) is 3.30. The number of benzene rings is 3. The Hall–Kier alpha value is -3.73. The topological polar surface area (TPSA) is 64.0 Å². The van der Waals surface area contributed by atoms with Gasteiger partial charge in [-0.25, -0.2) is 0 Å². The molecule has 0 spiro atoms. The Bertz CT molecular complexity index is 1200. The van der Waals surface area contributed by atoms with Gasteiger partial charge in [0.1, 0.15) is 0 Å². The van der Waals surface area contributed by atoms with Gasteiger partial charge in [0.15, 0.2) is 5.69 Å². The Morgan fingerprint density at radius 2 is 1.54 bits per heavy atom. The van der Waals surface area contributed by atoms with E-state index in [-0.39, 0.29) is 17.2 Å². The van der Waals surface area contributed by atoms with Crippen molar-refractivity contribution in [1.29, 1.82) is 0 Å². The van der Waals surface area contributed by atoms with Crippen LogP contribution in [-0.2, 0) is 6.42 Å². The van der Waals surface area contributed by atoms with E-state index in [1.54, 1.807) is 36.4 Å². The molecule has 5 heteroatoms. The largest absolute Gasteiger partial charge is 0.321 e. The number of fused-ring (bicyclic) bond motifs is 1. The summed E-state index contributed by atoms with van der Waals surface area (Å²) >= 11 is 0. The zero-order chi connectivity index (χ0) is 19.5. The predicted molar refractivity (Wildman–Crippen MR) is 111 cm³/mol. The number of nitrogens with one attached hydrogen (secondary N) is 1. The summed E-state index contributed by atoms with van der Waals surface area (Å²) in [6.45, 7) is 2.08. The third-order valence-electron chi connectivity index (χ3n) is 4.64. The van der Waals surface area contributed by atoms with E-state index < -0.39 is 0 Å². The van der Waals surface area contributed by atoms with Crippen LogP contribution in [0.15, 0.2) is 83.7 Å². The minimum Gasteiger partial charge on any atom is -0.321 e. The van der Waals surface area contributed by atoms with Crippen molar-refractivity contribution in [2.24, 2.45) is 0 Å². The van der Waals surface area contributed by atoms with Crippen LogP contribution < -0.4 is 10.9 Å². The zero-order valence-corrected chi connectivity index (χ0v) is 15.4. The van der Waals surface area contributed by atoms with Gasteiger partial charge < -0.3 is 5.32 Å². The molecule has 0 radical (unpaired) electrons. The Morgan fingerprint density at radius 1 is 0.893 bits per heavy atom. The van der Waals surface area contributed by atoms with Gasteiger partial charge in [-0.2, -0.15) is 9.78 Å². The van der Waals surface area contributed by atoms with Gasteiger partial charge in [-0.15, -0.1) is 0 Å². The molecule has 138 valence electrons. The Morgan fingerprint density at radius 3 is 2.21 bits per heavy atom. The number of rotatable bonds is 4. The van der Waals surface area contributed by atoms with Gasteiger partial charge in [-0.3, -0.25) is 9.59 Å². The standard InChI is InChI=1S/C23H19N3O2/c1-2-16-12-14-17(15-13-16)24-22(27)21-19-10-6-7-11-20(19)23(28)26(25-21)18-8-4-3-5-9-18/h3-15H,2H2,1H3,(H,24,27). The smallest absolute Gasteiger partial charge is 0.279 e. The maximum atomic E-state index is 13.0. The van der Waals surface area contributed by atoms with Crippen LogP contribution in [0.4, 0.5) is 5.69 Å². The molecule has 0 bridgehead atoms. The molecule has 0 aliphatic rings. The second-order valence-corrected chi connectivity index (χ2v) is 6.45. The quantitative estimate of drug-likeness (QED) is 0.586. The van der Waals surface area contributed by atoms with E-state index in [0.29, 0.717) is 22.1 Å². The lowest BCUT2D eigenvalue weighted by molar-refractivity contribution is 0.102. The van der Waals surface area contributed by atoms with Crippen molar-refractivity contribution in [1.82, 2.24) is 9.78 Å². The number of hydrogen-bond donors (Lipinski definition) is 1. The molecule has 0 atom stereocenters. The molecule has 1 heterocycles. The summed E-state index contributed by atoms with van der Waals surface area (Å²) in [7, 11) is 0. The second-order valence-electron chi connectivity index (χ2n) is 6.45. The molecule has 0 saturated heterocycles. The Balaban J connectivity index is 1.82. The summed E-state index contributed by atoms with van der Waals surface area (Å²) < 4.78 is 1.28. The molecule has 4 aromatic rings. The fourth-order valence-corrected chi connectivity index (χ4v) is 3.12. The molecule has 3 aromatic carbocycles. The van der Waals surface area contributed by atoms with Gasteiger partial charge in [-0.05, 0) is 42.3 Å². The Labute approximate surface area is 162 Å². The predicted octanol–water partition coefficient (Wildman–Crippen LogP) is 4.20. The summed E-state index contributed by atoms with van der Waals surface area (Å²) in [4.78, 5) is 25.9. The molecule has 28 heavy (non-hydrogen) atoms. The first-order valence-corrected chi connectivity index (χ1v) is 9.15. The number of aromatic nitrogens is 2. The van der Waals surface area contributed by atoms with Gasteiger partial charge in [-0.1, -0.05) is 55.5 Å². The molecular weight excluding hydrogens is 350 g/mol. The first kappa shape index (κ1) is 17.7. The second kappa shape index (κ2) is 7.48. The molecule has 1 amide bonds. The van der Waals surface area contributed by atoms with Crippen molar-refractivity contribution >= 4 is 22.4 Å². The number of anilines is 1. The maximum Gasteiger partial charge on any atom is 0.279 e. The number of hydrogen-bond acceptors (Lipinski definition) is 3. The average Bonchev–Trinajstić information content (AvgIpc) is 2.75. The van der Waals surface area contributed by atoms with E-state index >= 15 is 0 Å². The molecule has 0 saturated carbocycles. The summed E-state index contributed by atoms with van der Waals surface area (Å²) in [5.41, 5.74) is 2.44. The van der Waals surface area contributed by atoms with E-state index in [1.165, 1.54) is 10.2 Å². The molecule has 0 unspecified atom stereocenters. The fourth-order valence-electron chi connectivity index (χ4n) is 3.12. The highest BCUT2D eigenvalue weighted by Crippen LogP contribution is 2.17. The molecule has 4 rings (SSSR count). The maximum absolute atomic E-state index is 13.0. The van der Waals surface area contributed by atoms with Crippen molar-refractivity contribution in [2.75, 3.05) is 5.32 Å². The number of amides is 1. The van der Waals surface area contributed by atoms with Crippen LogP contribution >= 0.6 is 0 Å².